The molecule has 7 atom stereocenters. The molecule has 7 unspecified atom stereocenters. The minimum Gasteiger partial charge on any atom is -0.386 e. The molecule has 25 nitrogen and oxygen atoms in total. The summed E-state index contributed by atoms with van der Waals surface area (Å²) >= 11 is 0.911. The second-order valence-corrected chi connectivity index (χ2v) is 22.0. The number of ether oxygens (including phenoxy) is 1. The zero-order valence-electron chi connectivity index (χ0n) is 40.1. The number of nitrogens with two attached hydrogens (primary N) is 1. The number of nitrogen functional groups attached to an aromatic ring is 1. The number of carbonyl (C=O) groups is 4. The summed E-state index contributed by atoms with van der Waals surface area (Å²) in [5.41, 5.74) is 4.23. The molecule has 10 N–H and O–H groups in total. The van der Waals surface area contributed by atoms with Gasteiger partial charge in [-0.3, -0.25) is 37.3 Å². The maximum Gasteiger partial charge on any atom is 0.481 e. The van der Waals surface area contributed by atoms with Crippen LogP contribution in [0.5, 0.6) is 0 Å². The molecule has 1 saturated heterocycles. The number of Topliss-reactive ketones (excluding diaryl/α,β-unsaturated/α-hetero) is 1. The van der Waals surface area contributed by atoms with Crippen molar-refractivity contribution < 1.29 is 85.3 Å². The molecule has 0 radical (unpaired) electrons. The first-order valence-electron chi connectivity index (χ1n) is 22.8. The van der Waals surface area contributed by atoms with Crippen LogP contribution in [-0.2, 0) is 55.5 Å². The highest BCUT2D eigenvalue weighted by Crippen LogP contribution is 2.61. The summed E-state index contributed by atoms with van der Waals surface area (Å²) in [6, 6.07) is 0. The summed E-state index contributed by atoms with van der Waals surface area (Å²) in [4.78, 5) is 101. The topological polar surface area (TPSA) is 381 Å². The lowest BCUT2D eigenvalue weighted by Gasteiger charge is -2.30. The Kier molecular flexibility index (Phi) is 26.8. The van der Waals surface area contributed by atoms with Crippen LogP contribution in [0.3, 0.4) is 0 Å². The number of amides is 2. The van der Waals surface area contributed by atoms with E-state index in [2.05, 4.69) is 90.0 Å². The molecule has 29 heteroatoms. The number of unbranched alkanes of at least 4 members (excludes halogenated alkanes) is 1. The van der Waals surface area contributed by atoms with Crippen molar-refractivity contribution in [3.05, 3.63) is 73.4 Å². The van der Waals surface area contributed by atoms with Crippen LogP contribution in [0.15, 0.2) is 73.4 Å². The van der Waals surface area contributed by atoms with Crippen LogP contribution in [0.25, 0.3) is 11.2 Å². The van der Waals surface area contributed by atoms with Crippen LogP contribution >= 0.6 is 35.2 Å². The summed E-state index contributed by atoms with van der Waals surface area (Å²) < 4.78 is 62.4. The van der Waals surface area contributed by atoms with Gasteiger partial charge in [0.1, 0.15) is 42.0 Å². The second kappa shape index (κ2) is 31.0. The van der Waals surface area contributed by atoms with E-state index in [1.165, 1.54) is 13.8 Å². The van der Waals surface area contributed by atoms with E-state index in [-0.39, 0.29) is 66.0 Å². The number of hydrogen-bond donors (Lipinski definition) is 9. The van der Waals surface area contributed by atoms with Gasteiger partial charge < -0.3 is 50.9 Å². The molecular weight excluding hydrogens is 1030 g/mol. The predicted octanol–water partition coefficient (Wildman–Crippen LogP) is 4.55. The van der Waals surface area contributed by atoms with Crippen molar-refractivity contribution in [1.29, 1.82) is 0 Å². The lowest BCUT2D eigenvalue weighted by atomic mass is 9.87. The number of imidazole rings is 1. The summed E-state index contributed by atoms with van der Waals surface area (Å²) in [5, 5.41) is 26.2. The fourth-order valence-electron chi connectivity index (χ4n) is 6.38. The first kappa shape index (κ1) is 62.2. The molecule has 0 spiro atoms. The van der Waals surface area contributed by atoms with E-state index in [1.807, 2.05) is 12.2 Å². The van der Waals surface area contributed by atoms with Crippen molar-refractivity contribution in [3.63, 3.8) is 0 Å². The van der Waals surface area contributed by atoms with E-state index >= 15 is 0 Å². The number of anilines is 1. The highest BCUT2D eigenvalue weighted by molar-refractivity contribution is 8.13. The van der Waals surface area contributed by atoms with Crippen molar-refractivity contribution in [3.8, 4) is 0 Å². The Bertz CT molecular complexity index is 2390. The van der Waals surface area contributed by atoms with Gasteiger partial charge in [-0.15, -0.1) is 0 Å². The quantitative estimate of drug-likeness (QED) is 0.0201. The largest absolute Gasteiger partial charge is 0.481 e. The van der Waals surface area contributed by atoms with E-state index in [9.17, 15) is 62.7 Å². The molecule has 0 bridgehead atoms. The second-order valence-electron chi connectivity index (χ2n) is 16.6. The van der Waals surface area contributed by atoms with Crippen LogP contribution in [0.4, 0.5) is 5.82 Å². The number of rotatable bonds is 34. The van der Waals surface area contributed by atoms with Crippen molar-refractivity contribution >= 4 is 74.9 Å². The number of nitrogens with one attached hydrogen (secondary N) is 2. The summed E-state index contributed by atoms with van der Waals surface area (Å²) in [7, 11) is -16.5. The van der Waals surface area contributed by atoms with Gasteiger partial charge in [-0.2, -0.15) is 4.31 Å². The normalized spacial score (nSPS) is 20.0. The summed E-state index contributed by atoms with van der Waals surface area (Å²) in [6.07, 6.45) is 20.1. The Hall–Kier alpha value is -4.07. The van der Waals surface area contributed by atoms with Crippen molar-refractivity contribution in [2.45, 2.75) is 116 Å². The number of aromatic nitrogens is 4. The lowest BCUT2D eigenvalue weighted by molar-refractivity contribution is -0.137. The molecule has 0 aliphatic carbocycles. The number of allylic oxidation sites excluding steroid dienone is 10. The average molecular weight is 1090 g/mol. The maximum atomic E-state index is 12.8. The standard InChI is InChI=1S/C43H66N7O18P3S/c1-4-5-6-7-8-9-10-11-12-13-14-15-16-17-18-19-20-21-31(51)26-34(53)72-25-24-45-33(52)22-23-46-41(56)38(55)43(2,3)28-65-71(62,63)68-70(60,61)64-27-32-37(67-69(57,58)59)36(54)42(66-32)50-30-49-35-39(44)47-29-48-40(35)50/h5-6,8-9,11-12,14-15,17-18,29-30,32,36-38,42,54-55H,4,7,10,13,16,19-28H2,1-3H3,(H,45,52)(H,46,56)(H,60,61)(H,62,63)(H2,44,47,48)(H2,57,58,59). The van der Waals surface area contributed by atoms with Gasteiger partial charge in [0.15, 0.2) is 22.8 Å². The first-order valence-corrected chi connectivity index (χ1v) is 28.3. The Morgan fingerprint density at radius 1 is 0.875 bits per heavy atom. The van der Waals surface area contributed by atoms with Gasteiger partial charge in [0.2, 0.25) is 11.8 Å². The SMILES string of the molecule is CCC=CCC=CCC=CCC=CCC=CCCCC(=O)CC(=O)SCCNC(=O)CCNC(=O)C(O)C(C)(C)COP(=O)(O)OP(=O)(O)OCC1OC(n2cnc3c(N)ncnc32)C(O)C1OP(=O)(O)O. The van der Waals surface area contributed by atoms with Gasteiger partial charge in [0.05, 0.1) is 26.0 Å². The molecule has 3 rings (SSSR count). The van der Waals surface area contributed by atoms with E-state index in [4.69, 9.17) is 19.5 Å². The summed E-state index contributed by atoms with van der Waals surface area (Å²) in [5.74, 6) is -1.51. The molecule has 0 saturated carbocycles. The molecule has 72 heavy (non-hydrogen) atoms. The lowest BCUT2D eigenvalue weighted by Crippen LogP contribution is -2.46. The molecule has 3 heterocycles. The van der Waals surface area contributed by atoms with Crippen LogP contribution in [0.2, 0.25) is 0 Å². The number of aliphatic hydroxyl groups excluding tert-OH is 2. The Morgan fingerprint density at radius 3 is 2.11 bits per heavy atom. The van der Waals surface area contributed by atoms with Gasteiger partial charge in [0, 0.05) is 37.1 Å². The van der Waals surface area contributed by atoms with E-state index < -0.39 is 84.6 Å². The minimum atomic E-state index is -5.60. The third-order valence-electron chi connectivity index (χ3n) is 10.1. The molecule has 1 fully saturated rings. The molecule has 1 aliphatic heterocycles. The van der Waals surface area contributed by atoms with Crippen molar-refractivity contribution in [2.24, 2.45) is 5.41 Å². The van der Waals surface area contributed by atoms with Crippen LogP contribution in [0, 0.1) is 5.41 Å². The zero-order chi connectivity index (χ0) is 53.4. The zero-order valence-corrected chi connectivity index (χ0v) is 43.6. The Labute approximate surface area is 421 Å². The molecule has 2 aromatic heterocycles. The first-order chi connectivity index (χ1) is 33.9. The number of phosphoric acid groups is 3. The van der Waals surface area contributed by atoms with Gasteiger partial charge in [-0.25, -0.2) is 28.6 Å². The van der Waals surface area contributed by atoms with Gasteiger partial charge in [0.25, 0.3) is 0 Å². The number of phosphoric ester groups is 3. The smallest absolute Gasteiger partial charge is 0.386 e. The number of hydrogen-bond acceptors (Lipinski definition) is 19. The molecule has 402 valence electrons. The number of ketones is 1. The monoisotopic (exact) mass is 1090 g/mol. The van der Waals surface area contributed by atoms with E-state index in [0.717, 1.165) is 67.5 Å². The molecule has 2 aromatic rings. The maximum absolute atomic E-state index is 12.8. The molecule has 0 aromatic carbocycles. The molecule has 1 aliphatic rings. The minimum absolute atomic E-state index is 0.0229. The van der Waals surface area contributed by atoms with Crippen LogP contribution in [-0.4, -0.2) is 128 Å². The van der Waals surface area contributed by atoms with E-state index in [0.29, 0.717) is 6.42 Å². The van der Waals surface area contributed by atoms with Crippen molar-refractivity contribution in [1.82, 2.24) is 30.2 Å². The number of aliphatic hydroxyl groups is 2. The highest BCUT2D eigenvalue weighted by Gasteiger charge is 2.50. The van der Waals surface area contributed by atoms with Crippen molar-refractivity contribution in [2.75, 3.05) is 37.8 Å². The molecular formula is C43H66N7O18P3S. The fraction of sp³-hybridized carbons (Fsp3) is 0.558. The fourth-order valence-corrected chi connectivity index (χ4v) is 9.90. The average Bonchev–Trinajstić information content (AvgIpc) is 3.86. The third kappa shape index (κ3) is 23.4. The van der Waals surface area contributed by atoms with Crippen LogP contribution < -0.4 is 16.4 Å². The van der Waals surface area contributed by atoms with Gasteiger partial charge in [-0.1, -0.05) is 93.3 Å². The van der Waals surface area contributed by atoms with Gasteiger partial charge >= 0.3 is 23.5 Å². The Morgan fingerprint density at radius 2 is 1.49 bits per heavy atom. The number of fused-ring (bicyclic) bond motifs is 1. The predicted molar refractivity (Wildman–Crippen MR) is 265 cm³/mol. The Balaban J connectivity index is 1.30. The number of carbonyl (C=O) groups excluding carboxylic acids is 4. The number of nitrogens with zero attached hydrogens (tertiary/aromatic N) is 4. The summed E-state index contributed by atoms with van der Waals surface area (Å²) in [6.45, 7) is 2.40. The van der Waals surface area contributed by atoms with Gasteiger partial charge in [-0.05, 0) is 44.9 Å². The molecule has 2 amide bonds. The third-order valence-corrected chi connectivity index (χ3v) is 14.1. The highest BCUT2D eigenvalue weighted by atomic mass is 32.2. The van der Waals surface area contributed by atoms with Crippen LogP contribution in [0.1, 0.15) is 91.2 Å². The van der Waals surface area contributed by atoms with E-state index in [1.54, 1.807) is 0 Å². The number of thioether (sulfide) groups is 1.